The molecule has 1 amide bonds. The van der Waals surface area contributed by atoms with Gasteiger partial charge in [-0.05, 0) is 53.8 Å². The maximum Gasteiger partial charge on any atom is 0.254 e. The third-order valence-corrected chi connectivity index (χ3v) is 6.00. The van der Waals surface area contributed by atoms with E-state index in [2.05, 4.69) is 0 Å². The molecule has 0 spiro atoms. The Kier molecular flexibility index (Phi) is 5.48. The van der Waals surface area contributed by atoms with Crippen molar-refractivity contribution in [1.82, 2.24) is 4.90 Å². The van der Waals surface area contributed by atoms with E-state index in [1.54, 1.807) is 19.1 Å². The molecule has 2 aromatic carbocycles. The highest BCUT2D eigenvalue weighted by Crippen LogP contribution is 2.37. The number of carbonyl (C=O) groups excluding carboxylic acids is 1. The maximum atomic E-state index is 13.2. The molecule has 154 valence electrons. The zero-order chi connectivity index (χ0) is 20.5. The fourth-order valence-corrected chi connectivity index (χ4v) is 4.35. The Bertz CT molecular complexity index is 908. The van der Waals surface area contributed by atoms with E-state index in [1.165, 1.54) is 0 Å². The van der Waals surface area contributed by atoms with Gasteiger partial charge in [0.05, 0.1) is 33.0 Å². The van der Waals surface area contributed by atoms with Gasteiger partial charge in [-0.1, -0.05) is 12.1 Å². The van der Waals surface area contributed by atoms with Crippen molar-refractivity contribution in [2.75, 3.05) is 27.4 Å². The van der Waals surface area contributed by atoms with Crippen LogP contribution in [0.4, 0.5) is 0 Å². The van der Waals surface area contributed by atoms with Gasteiger partial charge >= 0.3 is 0 Å². The van der Waals surface area contributed by atoms with Crippen molar-refractivity contribution >= 4 is 5.91 Å². The molecular weight excluding hydrogens is 370 g/mol. The highest BCUT2D eigenvalue weighted by Gasteiger charge is 2.39. The maximum absolute atomic E-state index is 13.2. The van der Waals surface area contributed by atoms with Crippen molar-refractivity contribution in [2.45, 2.75) is 38.5 Å². The Balaban J connectivity index is 1.66. The first-order valence-corrected chi connectivity index (χ1v) is 9.92. The average molecular weight is 397 g/mol. The number of hydrogen-bond donors (Lipinski definition) is 1. The van der Waals surface area contributed by atoms with Gasteiger partial charge in [0.15, 0.2) is 0 Å². The van der Waals surface area contributed by atoms with Crippen LogP contribution in [0.25, 0.3) is 0 Å². The molecule has 29 heavy (non-hydrogen) atoms. The predicted molar refractivity (Wildman–Crippen MR) is 109 cm³/mol. The zero-order valence-electron chi connectivity index (χ0n) is 17.1. The van der Waals surface area contributed by atoms with E-state index >= 15 is 0 Å². The molecule has 4 rings (SSSR count). The van der Waals surface area contributed by atoms with Crippen molar-refractivity contribution < 1.29 is 24.1 Å². The number of rotatable bonds is 5. The summed E-state index contributed by atoms with van der Waals surface area (Å²) in [6.45, 7) is 3.38. The zero-order valence-corrected chi connectivity index (χ0v) is 17.1. The molecule has 0 radical (unpaired) electrons. The molecule has 1 N–H and O–H groups in total. The number of hydrogen-bond acceptors (Lipinski definition) is 5. The molecule has 2 aliphatic rings. The lowest BCUT2D eigenvalue weighted by molar-refractivity contribution is -0.0528. The van der Waals surface area contributed by atoms with Gasteiger partial charge in [0.25, 0.3) is 5.91 Å². The highest BCUT2D eigenvalue weighted by atomic mass is 16.5. The summed E-state index contributed by atoms with van der Waals surface area (Å²) in [5, 5.41) is 10.4. The molecule has 0 saturated carbocycles. The largest absolute Gasteiger partial charge is 0.497 e. The number of aliphatic hydroxyl groups is 1. The SMILES string of the molecule is COc1ccc(Cc2cc3c(c(C)c2OC)CN([C@H]2COCC[C@@H]2O)C3=O)cc1. The first-order valence-electron chi connectivity index (χ1n) is 9.92. The third-order valence-electron chi connectivity index (χ3n) is 6.00. The van der Waals surface area contributed by atoms with E-state index < -0.39 is 6.10 Å². The van der Waals surface area contributed by atoms with Crippen LogP contribution in [0, 0.1) is 6.92 Å². The number of ether oxygens (including phenoxy) is 3. The summed E-state index contributed by atoms with van der Waals surface area (Å²) >= 11 is 0. The number of aliphatic hydroxyl groups excluding tert-OH is 1. The van der Waals surface area contributed by atoms with Gasteiger partial charge in [-0.25, -0.2) is 0 Å². The predicted octanol–water partition coefficient (Wildman–Crippen LogP) is 2.71. The van der Waals surface area contributed by atoms with Crippen LogP contribution in [0.15, 0.2) is 30.3 Å². The third kappa shape index (κ3) is 3.58. The lowest BCUT2D eigenvalue weighted by Gasteiger charge is -2.34. The van der Waals surface area contributed by atoms with Crippen LogP contribution in [-0.4, -0.2) is 55.5 Å². The van der Waals surface area contributed by atoms with E-state index in [1.807, 2.05) is 37.3 Å². The van der Waals surface area contributed by atoms with Crippen LogP contribution in [0.1, 0.15) is 39.0 Å². The second kappa shape index (κ2) is 8.05. The number of fused-ring (bicyclic) bond motifs is 1. The van der Waals surface area contributed by atoms with Gasteiger partial charge in [-0.3, -0.25) is 4.79 Å². The minimum atomic E-state index is -0.553. The Morgan fingerprint density at radius 1 is 1.21 bits per heavy atom. The van der Waals surface area contributed by atoms with Crippen molar-refractivity contribution in [1.29, 1.82) is 0 Å². The summed E-state index contributed by atoms with van der Waals surface area (Å²) in [5.41, 5.74) is 4.75. The van der Waals surface area contributed by atoms with E-state index in [0.29, 0.717) is 38.2 Å². The molecular formula is C23H27NO5. The monoisotopic (exact) mass is 397 g/mol. The molecule has 2 atom stereocenters. The summed E-state index contributed by atoms with van der Waals surface area (Å²) in [6.07, 6.45) is 0.655. The standard InChI is InChI=1S/C23H27NO5/c1-14-19-12-24(20-13-29-9-8-21(20)25)23(26)18(19)11-16(22(14)28-3)10-15-4-6-17(27-2)7-5-15/h4-7,11,20-21,25H,8-10,12-13H2,1-3H3/t20-,21-/m0/s1. The van der Waals surface area contributed by atoms with Crippen molar-refractivity contribution in [3.8, 4) is 11.5 Å². The molecule has 1 saturated heterocycles. The quantitative estimate of drug-likeness (QED) is 0.840. The van der Waals surface area contributed by atoms with Gasteiger partial charge in [0.1, 0.15) is 11.5 Å². The summed E-state index contributed by atoms with van der Waals surface area (Å²) in [5.74, 6) is 1.58. The van der Waals surface area contributed by atoms with Crippen LogP contribution >= 0.6 is 0 Å². The van der Waals surface area contributed by atoms with Crippen LogP contribution in [0.2, 0.25) is 0 Å². The fraction of sp³-hybridized carbons (Fsp3) is 0.435. The molecule has 0 unspecified atom stereocenters. The molecule has 0 aliphatic carbocycles. The topological polar surface area (TPSA) is 68.2 Å². The molecule has 1 fully saturated rings. The molecule has 6 nitrogen and oxygen atoms in total. The van der Waals surface area contributed by atoms with Gasteiger partial charge < -0.3 is 24.2 Å². The normalized spacial score (nSPS) is 21.2. The van der Waals surface area contributed by atoms with Crippen molar-refractivity contribution in [3.05, 3.63) is 58.1 Å². The smallest absolute Gasteiger partial charge is 0.254 e. The Labute approximate surface area is 171 Å². The van der Waals surface area contributed by atoms with Crippen molar-refractivity contribution in [2.24, 2.45) is 0 Å². The number of nitrogens with zero attached hydrogens (tertiary/aromatic N) is 1. The second-order valence-corrected chi connectivity index (χ2v) is 7.68. The molecule has 6 heteroatoms. The number of carbonyl (C=O) groups is 1. The lowest BCUT2D eigenvalue weighted by Crippen LogP contribution is -2.49. The number of methoxy groups -OCH3 is 2. The van der Waals surface area contributed by atoms with Crippen molar-refractivity contribution in [3.63, 3.8) is 0 Å². The van der Waals surface area contributed by atoms with E-state index in [0.717, 1.165) is 33.8 Å². The van der Waals surface area contributed by atoms with Crippen LogP contribution in [-0.2, 0) is 17.7 Å². The van der Waals surface area contributed by atoms with Crippen LogP contribution < -0.4 is 9.47 Å². The number of amides is 1. The van der Waals surface area contributed by atoms with E-state index in [4.69, 9.17) is 14.2 Å². The molecule has 0 aromatic heterocycles. The fourth-order valence-electron chi connectivity index (χ4n) is 4.35. The Morgan fingerprint density at radius 3 is 2.62 bits per heavy atom. The summed E-state index contributed by atoms with van der Waals surface area (Å²) in [4.78, 5) is 14.9. The van der Waals surface area contributed by atoms with Gasteiger partial charge in [0, 0.05) is 25.1 Å². The lowest BCUT2D eigenvalue weighted by atomic mass is 9.95. The number of benzene rings is 2. The average Bonchev–Trinajstić information content (AvgIpc) is 3.06. The van der Waals surface area contributed by atoms with Gasteiger partial charge in [0.2, 0.25) is 0 Å². The van der Waals surface area contributed by atoms with E-state index in [9.17, 15) is 9.90 Å². The Hall–Kier alpha value is -2.57. The van der Waals surface area contributed by atoms with Gasteiger partial charge in [-0.15, -0.1) is 0 Å². The molecule has 0 bridgehead atoms. The minimum Gasteiger partial charge on any atom is -0.497 e. The first kappa shape index (κ1) is 19.7. The summed E-state index contributed by atoms with van der Waals surface area (Å²) < 4.78 is 16.5. The Morgan fingerprint density at radius 2 is 1.97 bits per heavy atom. The van der Waals surface area contributed by atoms with Crippen LogP contribution in [0.5, 0.6) is 11.5 Å². The first-order chi connectivity index (χ1) is 14.0. The van der Waals surface area contributed by atoms with Gasteiger partial charge in [-0.2, -0.15) is 0 Å². The van der Waals surface area contributed by atoms with Crippen LogP contribution in [0.3, 0.4) is 0 Å². The second-order valence-electron chi connectivity index (χ2n) is 7.68. The molecule has 2 heterocycles. The molecule has 2 aliphatic heterocycles. The minimum absolute atomic E-state index is 0.0451. The summed E-state index contributed by atoms with van der Waals surface area (Å²) in [7, 11) is 3.31. The van der Waals surface area contributed by atoms with E-state index in [-0.39, 0.29) is 11.9 Å². The summed E-state index contributed by atoms with van der Waals surface area (Å²) in [6, 6.07) is 9.54. The highest BCUT2D eigenvalue weighted by molar-refractivity contribution is 5.99. The molecule has 2 aromatic rings.